The largest absolute Gasteiger partial charge is 0.493 e. The minimum Gasteiger partial charge on any atom is -0.493 e. The SMILES string of the molecule is CCOC(=O)C1=C(c2ccccc2)N=c2s/c(=C\c3cc(Cl)c(OC)c(OC)c3)c(=O)n2[C@@H]1c1ccc(F)cc1. The second-order valence-electron chi connectivity index (χ2n) is 8.72. The van der Waals surface area contributed by atoms with Crippen molar-refractivity contribution in [1.82, 2.24) is 4.57 Å². The summed E-state index contributed by atoms with van der Waals surface area (Å²) in [5.74, 6) is -0.258. The van der Waals surface area contributed by atoms with Crippen LogP contribution in [0.25, 0.3) is 11.8 Å². The molecular weight excluding hydrogens is 555 g/mol. The van der Waals surface area contributed by atoms with E-state index in [0.29, 0.717) is 48.2 Å². The summed E-state index contributed by atoms with van der Waals surface area (Å²) in [4.78, 5) is 32.6. The predicted octanol–water partition coefficient (Wildman–Crippen LogP) is 4.75. The van der Waals surface area contributed by atoms with Crippen LogP contribution in [0.5, 0.6) is 11.5 Å². The summed E-state index contributed by atoms with van der Waals surface area (Å²) in [7, 11) is 2.99. The number of methoxy groups -OCH3 is 2. The van der Waals surface area contributed by atoms with Gasteiger partial charge < -0.3 is 14.2 Å². The first-order chi connectivity index (χ1) is 19.4. The highest BCUT2D eigenvalue weighted by molar-refractivity contribution is 7.07. The van der Waals surface area contributed by atoms with E-state index >= 15 is 0 Å². The third-order valence-electron chi connectivity index (χ3n) is 6.31. The molecule has 0 spiro atoms. The fraction of sp³-hybridized carbons (Fsp3) is 0.167. The highest BCUT2D eigenvalue weighted by Crippen LogP contribution is 2.37. The van der Waals surface area contributed by atoms with Crippen molar-refractivity contribution < 1.29 is 23.4 Å². The Bertz CT molecular complexity index is 1800. The Labute approximate surface area is 238 Å². The Morgan fingerprint density at radius 2 is 1.82 bits per heavy atom. The Kier molecular flexibility index (Phi) is 7.86. The van der Waals surface area contributed by atoms with E-state index in [1.807, 2.05) is 30.3 Å². The Hall–Kier alpha value is -4.21. The lowest BCUT2D eigenvalue weighted by Crippen LogP contribution is -2.40. The van der Waals surface area contributed by atoms with Crippen molar-refractivity contribution in [2.75, 3.05) is 20.8 Å². The third-order valence-corrected chi connectivity index (χ3v) is 7.58. The summed E-state index contributed by atoms with van der Waals surface area (Å²) in [5.41, 5.74) is 2.02. The summed E-state index contributed by atoms with van der Waals surface area (Å²) < 4.78 is 31.9. The number of halogens is 2. The molecule has 2 heterocycles. The molecule has 0 saturated carbocycles. The molecule has 0 bridgehead atoms. The number of benzene rings is 3. The first-order valence-corrected chi connectivity index (χ1v) is 13.5. The average Bonchev–Trinajstić information content (AvgIpc) is 3.27. The van der Waals surface area contributed by atoms with Crippen molar-refractivity contribution in [1.29, 1.82) is 0 Å². The Morgan fingerprint density at radius 3 is 2.48 bits per heavy atom. The molecule has 0 unspecified atom stereocenters. The van der Waals surface area contributed by atoms with Crippen LogP contribution < -0.4 is 24.4 Å². The number of fused-ring (bicyclic) bond motifs is 1. The number of carbonyl (C=O) groups is 1. The van der Waals surface area contributed by atoms with Crippen molar-refractivity contribution >= 4 is 40.7 Å². The van der Waals surface area contributed by atoms with Crippen molar-refractivity contribution in [3.63, 3.8) is 0 Å². The van der Waals surface area contributed by atoms with Gasteiger partial charge >= 0.3 is 5.97 Å². The maximum Gasteiger partial charge on any atom is 0.338 e. The van der Waals surface area contributed by atoms with Gasteiger partial charge in [-0.15, -0.1) is 0 Å². The van der Waals surface area contributed by atoms with Gasteiger partial charge in [-0.05, 0) is 48.4 Å². The molecule has 10 heteroatoms. The molecule has 4 aromatic rings. The summed E-state index contributed by atoms with van der Waals surface area (Å²) in [6.45, 7) is 1.84. The number of hydrogen-bond donors (Lipinski definition) is 0. The normalized spacial score (nSPS) is 14.9. The number of ether oxygens (including phenoxy) is 3. The summed E-state index contributed by atoms with van der Waals surface area (Å²) in [6, 6.07) is 17.4. The average molecular weight is 579 g/mol. The van der Waals surface area contributed by atoms with Crippen LogP contribution in [-0.4, -0.2) is 31.4 Å². The quantitative estimate of drug-likeness (QED) is 0.296. The number of aromatic nitrogens is 1. The number of esters is 1. The first kappa shape index (κ1) is 27.4. The lowest BCUT2D eigenvalue weighted by Gasteiger charge is -2.25. The molecule has 0 amide bonds. The Morgan fingerprint density at radius 1 is 1.10 bits per heavy atom. The van der Waals surface area contributed by atoms with Crippen LogP contribution >= 0.6 is 22.9 Å². The van der Waals surface area contributed by atoms with E-state index in [1.54, 1.807) is 37.3 Å². The van der Waals surface area contributed by atoms with Crippen molar-refractivity contribution in [2.24, 2.45) is 4.99 Å². The standard InChI is InChI=1S/C30H24ClFN2O5S/c1-4-39-29(36)24-25(18-8-6-5-7-9-18)33-30-34(26(24)19-10-12-20(32)13-11-19)28(35)23(40-30)16-17-14-21(31)27(38-3)22(15-17)37-2/h5-16,26H,4H2,1-3H3/b23-16-/t26-/m1/s1. The van der Waals surface area contributed by atoms with E-state index in [1.165, 1.54) is 42.3 Å². The fourth-order valence-electron chi connectivity index (χ4n) is 4.57. The second-order valence-corrected chi connectivity index (χ2v) is 10.1. The summed E-state index contributed by atoms with van der Waals surface area (Å²) >= 11 is 7.56. The van der Waals surface area contributed by atoms with Crippen LogP contribution in [0.2, 0.25) is 5.02 Å². The monoisotopic (exact) mass is 578 g/mol. The van der Waals surface area contributed by atoms with E-state index in [0.717, 1.165) is 0 Å². The molecule has 40 heavy (non-hydrogen) atoms. The van der Waals surface area contributed by atoms with Crippen LogP contribution in [0, 0.1) is 5.82 Å². The van der Waals surface area contributed by atoms with Gasteiger partial charge in [0.15, 0.2) is 16.3 Å². The fourth-order valence-corrected chi connectivity index (χ4v) is 5.87. The third kappa shape index (κ3) is 5.05. The molecule has 0 radical (unpaired) electrons. The minimum absolute atomic E-state index is 0.130. The zero-order valence-corrected chi connectivity index (χ0v) is 23.4. The van der Waals surface area contributed by atoms with Gasteiger partial charge in [-0.3, -0.25) is 9.36 Å². The number of rotatable bonds is 7. The van der Waals surface area contributed by atoms with E-state index in [9.17, 15) is 14.0 Å². The summed E-state index contributed by atoms with van der Waals surface area (Å²) in [6.07, 6.45) is 1.68. The molecule has 1 aliphatic rings. The predicted molar refractivity (Wildman–Crippen MR) is 152 cm³/mol. The topological polar surface area (TPSA) is 79.1 Å². The number of nitrogens with zero attached hydrogens (tertiary/aromatic N) is 2. The van der Waals surface area contributed by atoms with Crippen LogP contribution in [0.3, 0.4) is 0 Å². The zero-order chi connectivity index (χ0) is 28.4. The molecule has 204 valence electrons. The molecule has 1 aliphatic heterocycles. The lowest BCUT2D eigenvalue weighted by atomic mass is 9.93. The molecule has 0 aliphatic carbocycles. The number of hydrogen-bond acceptors (Lipinski definition) is 7. The number of thiazole rings is 1. The first-order valence-electron chi connectivity index (χ1n) is 12.3. The highest BCUT2D eigenvalue weighted by Gasteiger charge is 2.35. The van der Waals surface area contributed by atoms with E-state index in [-0.39, 0.29) is 17.7 Å². The molecule has 0 N–H and O–H groups in total. The molecular formula is C30H24ClFN2O5S. The smallest absolute Gasteiger partial charge is 0.338 e. The van der Waals surface area contributed by atoms with Gasteiger partial charge in [0.25, 0.3) is 5.56 Å². The molecule has 0 saturated heterocycles. The molecule has 7 nitrogen and oxygen atoms in total. The van der Waals surface area contributed by atoms with E-state index < -0.39 is 17.8 Å². The van der Waals surface area contributed by atoms with Crippen LogP contribution in [0.15, 0.2) is 82.1 Å². The van der Waals surface area contributed by atoms with Crippen molar-refractivity contribution in [3.05, 3.63) is 120 Å². The van der Waals surface area contributed by atoms with E-state index in [4.69, 9.17) is 30.8 Å². The van der Waals surface area contributed by atoms with Gasteiger partial charge in [0.2, 0.25) is 0 Å². The molecule has 0 fully saturated rings. The summed E-state index contributed by atoms with van der Waals surface area (Å²) in [5, 5.41) is 0.320. The van der Waals surface area contributed by atoms with Gasteiger partial charge in [0.1, 0.15) is 5.82 Å². The molecule has 5 rings (SSSR count). The van der Waals surface area contributed by atoms with Crippen LogP contribution in [0.4, 0.5) is 4.39 Å². The molecule has 1 atom stereocenters. The minimum atomic E-state index is -0.901. The number of carbonyl (C=O) groups excluding carboxylic acids is 1. The van der Waals surface area contributed by atoms with Crippen LogP contribution in [-0.2, 0) is 9.53 Å². The van der Waals surface area contributed by atoms with Crippen molar-refractivity contribution in [2.45, 2.75) is 13.0 Å². The van der Waals surface area contributed by atoms with E-state index in [2.05, 4.69) is 0 Å². The van der Waals surface area contributed by atoms with Crippen molar-refractivity contribution in [3.8, 4) is 11.5 Å². The second kappa shape index (κ2) is 11.5. The van der Waals surface area contributed by atoms with Gasteiger partial charge in [-0.2, -0.15) is 0 Å². The Balaban J connectivity index is 1.81. The van der Waals surface area contributed by atoms with Crippen LogP contribution in [0.1, 0.15) is 29.7 Å². The maximum atomic E-state index is 13.9. The van der Waals surface area contributed by atoms with Gasteiger partial charge in [0, 0.05) is 5.56 Å². The molecule has 3 aromatic carbocycles. The highest BCUT2D eigenvalue weighted by atomic mass is 35.5. The zero-order valence-electron chi connectivity index (χ0n) is 21.8. The lowest BCUT2D eigenvalue weighted by molar-refractivity contribution is -0.138. The van der Waals surface area contributed by atoms with Gasteiger partial charge in [-0.1, -0.05) is 65.4 Å². The van der Waals surface area contributed by atoms with Gasteiger partial charge in [0.05, 0.1) is 47.7 Å². The maximum absolute atomic E-state index is 13.9. The molecule has 1 aromatic heterocycles. The van der Waals surface area contributed by atoms with Gasteiger partial charge in [-0.25, -0.2) is 14.2 Å².